The van der Waals surface area contributed by atoms with Crippen molar-refractivity contribution in [2.45, 2.75) is 46.1 Å². The van der Waals surface area contributed by atoms with Gasteiger partial charge in [0.05, 0.1) is 16.6 Å². The minimum absolute atomic E-state index is 0.261. The molecule has 1 amide bonds. The summed E-state index contributed by atoms with van der Waals surface area (Å²) in [5, 5.41) is 3.95. The maximum Gasteiger partial charge on any atom is 0.313 e. The Balaban J connectivity index is 1.75. The zero-order valence-corrected chi connectivity index (χ0v) is 15.0. The Morgan fingerprint density at radius 2 is 1.92 bits per heavy atom. The number of hydrogen-bond acceptors (Lipinski definition) is 4. The van der Waals surface area contributed by atoms with Crippen molar-refractivity contribution in [2.75, 3.05) is 5.32 Å². The van der Waals surface area contributed by atoms with Crippen molar-refractivity contribution in [3.63, 3.8) is 0 Å². The van der Waals surface area contributed by atoms with Gasteiger partial charge in [0.25, 0.3) is 5.91 Å². The van der Waals surface area contributed by atoms with Crippen molar-refractivity contribution >= 4 is 28.5 Å². The van der Waals surface area contributed by atoms with Crippen LogP contribution in [0.2, 0.25) is 0 Å². The number of amides is 1. The van der Waals surface area contributed by atoms with Crippen LogP contribution < -0.4 is 5.32 Å². The van der Waals surface area contributed by atoms with E-state index < -0.39 is 16.4 Å². The Labute approximate surface area is 146 Å². The van der Waals surface area contributed by atoms with Gasteiger partial charge in [-0.3, -0.25) is 14.6 Å². The zero-order chi connectivity index (χ0) is 18.0. The predicted molar refractivity (Wildman–Crippen MR) is 95.1 cm³/mol. The number of nitrogens with one attached hydrogen (secondary N) is 1. The number of anilines is 1. The van der Waals surface area contributed by atoms with Crippen molar-refractivity contribution in [2.24, 2.45) is 10.8 Å². The lowest BCUT2D eigenvalue weighted by Gasteiger charge is -2.35. The number of esters is 1. The molecule has 25 heavy (non-hydrogen) atoms. The van der Waals surface area contributed by atoms with Crippen LogP contribution >= 0.6 is 0 Å². The third-order valence-corrected chi connectivity index (χ3v) is 6.56. The Kier molecular flexibility index (Phi) is 3.09. The summed E-state index contributed by atoms with van der Waals surface area (Å²) in [6.07, 6.45) is 1.21. The van der Waals surface area contributed by atoms with Gasteiger partial charge in [-0.15, -0.1) is 0 Å². The average Bonchev–Trinajstić information content (AvgIpc) is 2.86. The summed E-state index contributed by atoms with van der Waals surface area (Å²) in [6.45, 7) is 7.73. The van der Waals surface area contributed by atoms with E-state index in [0.717, 1.165) is 16.6 Å². The lowest BCUT2D eigenvalue weighted by atomic mass is 9.66. The van der Waals surface area contributed by atoms with E-state index in [9.17, 15) is 9.59 Å². The Morgan fingerprint density at radius 1 is 1.16 bits per heavy atom. The number of aromatic nitrogens is 1. The number of rotatable bonds is 2. The van der Waals surface area contributed by atoms with E-state index in [2.05, 4.69) is 10.3 Å². The molecule has 1 saturated heterocycles. The van der Waals surface area contributed by atoms with Gasteiger partial charge in [0.15, 0.2) is 5.60 Å². The second-order valence-corrected chi connectivity index (χ2v) is 7.96. The fourth-order valence-electron chi connectivity index (χ4n) is 4.32. The average molecular weight is 338 g/mol. The van der Waals surface area contributed by atoms with Gasteiger partial charge in [-0.05, 0) is 38.8 Å². The van der Waals surface area contributed by atoms with Gasteiger partial charge in [-0.25, -0.2) is 0 Å². The molecule has 2 heterocycles. The SMILES string of the molecule is Cc1ccc2cccc(NC(=O)C34CCC(C)(C(=O)O3)C4(C)C)c2n1. The van der Waals surface area contributed by atoms with Crippen molar-refractivity contribution in [3.8, 4) is 0 Å². The first-order valence-corrected chi connectivity index (χ1v) is 8.63. The molecule has 2 unspecified atom stereocenters. The zero-order valence-electron chi connectivity index (χ0n) is 15.0. The summed E-state index contributed by atoms with van der Waals surface area (Å²) < 4.78 is 5.66. The maximum absolute atomic E-state index is 13.2. The number of ether oxygens (including phenoxy) is 1. The molecule has 1 aromatic carbocycles. The quantitative estimate of drug-likeness (QED) is 0.850. The van der Waals surface area contributed by atoms with E-state index in [-0.39, 0.29) is 11.9 Å². The lowest BCUT2D eigenvalue weighted by Crippen LogP contribution is -2.50. The topological polar surface area (TPSA) is 68.3 Å². The molecule has 5 heteroatoms. The molecule has 2 atom stereocenters. The molecule has 1 N–H and O–H groups in total. The van der Waals surface area contributed by atoms with Crippen molar-refractivity contribution in [3.05, 3.63) is 36.0 Å². The fourth-order valence-corrected chi connectivity index (χ4v) is 4.32. The minimum atomic E-state index is -1.12. The van der Waals surface area contributed by atoms with E-state index in [4.69, 9.17) is 4.74 Å². The van der Waals surface area contributed by atoms with E-state index in [0.29, 0.717) is 18.5 Å². The number of hydrogen-bond donors (Lipinski definition) is 1. The molecule has 130 valence electrons. The third-order valence-electron chi connectivity index (χ3n) is 6.56. The van der Waals surface area contributed by atoms with Crippen LogP contribution in [0.4, 0.5) is 5.69 Å². The van der Waals surface area contributed by atoms with Gasteiger partial charge < -0.3 is 10.1 Å². The molecule has 2 bridgehead atoms. The lowest BCUT2D eigenvalue weighted by molar-refractivity contribution is -0.165. The standard InChI is InChI=1S/C20H22N2O3/c1-12-8-9-13-6-5-7-14(15(13)21-12)22-16(23)20-11-10-19(4,17(24)25-20)18(20,2)3/h5-9H,10-11H2,1-4H3,(H,22,23). The molecule has 0 spiro atoms. The number of fused-ring (bicyclic) bond motifs is 3. The van der Waals surface area contributed by atoms with Crippen LogP contribution in [0.3, 0.4) is 0 Å². The van der Waals surface area contributed by atoms with Crippen LogP contribution in [-0.2, 0) is 14.3 Å². The summed E-state index contributed by atoms with van der Waals surface area (Å²) in [4.78, 5) is 30.1. The molecule has 4 rings (SSSR count). The number of carbonyl (C=O) groups is 2. The van der Waals surface area contributed by atoms with Gasteiger partial charge in [-0.2, -0.15) is 0 Å². The number of benzene rings is 1. The second kappa shape index (κ2) is 4.81. The number of para-hydroxylation sites is 1. The van der Waals surface area contributed by atoms with Crippen LogP contribution in [-0.4, -0.2) is 22.5 Å². The van der Waals surface area contributed by atoms with Crippen molar-refractivity contribution in [1.82, 2.24) is 4.98 Å². The highest BCUT2D eigenvalue weighted by molar-refractivity contribution is 6.07. The van der Waals surface area contributed by atoms with Gasteiger partial charge in [-0.1, -0.05) is 32.0 Å². The molecule has 2 fully saturated rings. The van der Waals surface area contributed by atoms with Crippen LogP contribution in [0, 0.1) is 17.8 Å². The summed E-state index contributed by atoms with van der Waals surface area (Å²) in [6, 6.07) is 9.61. The van der Waals surface area contributed by atoms with E-state index in [1.54, 1.807) is 0 Å². The molecule has 1 saturated carbocycles. The molecule has 1 aliphatic heterocycles. The largest absolute Gasteiger partial charge is 0.448 e. The summed E-state index contributed by atoms with van der Waals surface area (Å²) in [7, 11) is 0. The molecular weight excluding hydrogens is 316 g/mol. The highest BCUT2D eigenvalue weighted by Gasteiger charge is 2.75. The molecule has 2 aromatic rings. The normalized spacial score (nSPS) is 29.7. The monoisotopic (exact) mass is 338 g/mol. The van der Waals surface area contributed by atoms with Crippen LogP contribution in [0.5, 0.6) is 0 Å². The van der Waals surface area contributed by atoms with Crippen LogP contribution in [0.25, 0.3) is 10.9 Å². The molecule has 5 nitrogen and oxygen atoms in total. The van der Waals surface area contributed by atoms with E-state index in [1.807, 2.05) is 58.0 Å². The molecular formula is C20H22N2O3. The van der Waals surface area contributed by atoms with Gasteiger partial charge in [0, 0.05) is 16.5 Å². The highest BCUT2D eigenvalue weighted by Crippen LogP contribution is 2.65. The van der Waals surface area contributed by atoms with Crippen LogP contribution in [0.1, 0.15) is 39.3 Å². The van der Waals surface area contributed by atoms with Gasteiger partial charge >= 0.3 is 5.97 Å². The second-order valence-electron chi connectivity index (χ2n) is 7.96. The van der Waals surface area contributed by atoms with E-state index in [1.165, 1.54) is 0 Å². The molecule has 0 radical (unpaired) electrons. The summed E-state index contributed by atoms with van der Waals surface area (Å²) in [5.74, 6) is -0.534. The van der Waals surface area contributed by atoms with Crippen molar-refractivity contribution in [1.29, 1.82) is 0 Å². The van der Waals surface area contributed by atoms with E-state index >= 15 is 0 Å². The Hall–Kier alpha value is -2.43. The number of nitrogens with zero attached hydrogens (tertiary/aromatic N) is 1. The number of pyridine rings is 1. The predicted octanol–water partition coefficient (Wildman–Crippen LogP) is 3.60. The molecule has 1 aromatic heterocycles. The Bertz CT molecular complexity index is 920. The summed E-state index contributed by atoms with van der Waals surface area (Å²) in [5.41, 5.74) is -0.0193. The fraction of sp³-hybridized carbons (Fsp3) is 0.450. The van der Waals surface area contributed by atoms with Crippen LogP contribution in [0.15, 0.2) is 30.3 Å². The van der Waals surface area contributed by atoms with Gasteiger partial charge in [0.2, 0.25) is 0 Å². The Morgan fingerprint density at radius 3 is 2.56 bits per heavy atom. The maximum atomic E-state index is 13.2. The van der Waals surface area contributed by atoms with Gasteiger partial charge in [0.1, 0.15) is 0 Å². The first-order valence-electron chi connectivity index (χ1n) is 8.63. The third kappa shape index (κ3) is 1.86. The number of carbonyl (C=O) groups excluding carboxylic acids is 2. The number of aryl methyl sites for hydroxylation is 1. The first-order chi connectivity index (χ1) is 11.7. The smallest absolute Gasteiger partial charge is 0.313 e. The molecule has 2 aliphatic rings. The first kappa shape index (κ1) is 16.1. The van der Waals surface area contributed by atoms with Crippen molar-refractivity contribution < 1.29 is 14.3 Å². The minimum Gasteiger partial charge on any atom is -0.448 e. The summed E-state index contributed by atoms with van der Waals surface area (Å²) >= 11 is 0. The highest BCUT2D eigenvalue weighted by atomic mass is 16.6. The molecule has 1 aliphatic carbocycles.